The molecule has 0 aliphatic carbocycles. The van der Waals surface area contributed by atoms with Gasteiger partial charge in [-0.25, -0.2) is 0 Å². The van der Waals surface area contributed by atoms with E-state index < -0.39 is 0 Å². The Kier molecular flexibility index (Phi) is 21.0. The van der Waals surface area contributed by atoms with Crippen LogP contribution in [0.25, 0.3) is 0 Å². The summed E-state index contributed by atoms with van der Waals surface area (Å²) in [5, 5.41) is 10.4. The molecule has 0 fully saturated rings. The van der Waals surface area contributed by atoms with Crippen molar-refractivity contribution < 1.29 is 0 Å². The van der Waals surface area contributed by atoms with E-state index in [-0.39, 0.29) is 0 Å². The molecule has 1 N–H and O–H groups in total. The van der Waals surface area contributed by atoms with Gasteiger partial charge in [-0.05, 0) is 45.2 Å². The standard InChI is InChI=1S/C18H34ClN3.C2H4/c1-5-8-15-22(16-18(7-3)10-9-12-19)21-17(4)11-14-20-13-6-2;1-2/h7,9-10,20H,5-6,8,11-16H2,1-4H3;1-2H2/b10-9-,18-7+,21-17+;. The Morgan fingerprint density at radius 1 is 1.21 bits per heavy atom. The highest BCUT2D eigenvalue weighted by molar-refractivity contribution is 6.18. The van der Waals surface area contributed by atoms with Gasteiger partial charge in [0.2, 0.25) is 0 Å². The zero-order valence-electron chi connectivity index (χ0n) is 16.3. The molecule has 0 radical (unpaired) electrons. The van der Waals surface area contributed by atoms with Gasteiger partial charge in [-0.15, -0.1) is 24.8 Å². The predicted octanol–water partition coefficient (Wildman–Crippen LogP) is 5.40. The largest absolute Gasteiger partial charge is 0.316 e. The lowest BCUT2D eigenvalue weighted by atomic mass is 10.2. The van der Waals surface area contributed by atoms with Crippen LogP contribution in [0.1, 0.15) is 53.4 Å². The number of hydrogen-bond donors (Lipinski definition) is 1. The normalized spacial score (nSPS) is 12.2. The summed E-state index contributed by atoms with van der Waals surface area (Å²) in [4.78, 5) is 0. The summed E-state index contributed by atoms with van der Waals surface area (Å²) in [6.45, 7) is 18.5. The van der Waals surface area contributed by atoms with Crippen molar-refractivity contribution in [3.8, 4) is 0 Å². The van der Waals surface area contributed by atoms with Crippen LogP contribution in [0.5, 0.6) is 0 Å². The van der Waals surface area contributed by atoms with Crippen LogP contribution in [0.3, 0.4) is 0 Å². The topological polar surface area (TPSA) is 27.6 Å². The zero-order chi connectivity index (χ0) is 18.6. The van der Waals surface area contributed by atoms with Crippen molar-refractivity contribution in [2.45, 2.75) is 53.4 Å². The zero-order valence-corrected chi connectivity index (χ0v) is 17.0. The second-order valence-electron chi connectivity index (χ2n) is 5.50. The molecule has 0 spiro atoms. The number of halogens is 1. The Morgan fingerprint density at radius 2 is 1.92 bits per heavy atom. The van der Waals surface area contributed by atoms with Gasteiger partial charge >= 0.3 is 0 Å². The van der Waals surface area contributed by atoms with E-state index in [1.807, 2.05) is 6.08 Å². The second kappa shape index (κ2) is 20.0. The van der Waals surface area contributed by atoms with Crippen molar-refractivity contribution in [3.05, 3.63) is 37.0 Å². The van der Waals surface area contributed by atoms with Crippen LogP contribution >= 0.6 is 11.6 Å². The fourth-order valence-corrected chi connectivity index (χ4v) is 2.10. The number of alkyl halides is 1. The first-order valence-electron chi connectivity index (χ1n) is 9.05. The summed E-state index contributed by atoms with van der Waals surface area (Å²) >= 11 is 5.73. The van der Waals surface area contributed by atoms with Crippen LogP contribution in [0.2, 0.25) is 0 Å². The van der Waals surface area contributed by atoms with Gasteiger partial charge in [0.15, 0.2) is 0 Å². The molecule has 0 aromatic carbocycles. The Bertz CT molecular complexity index is 362. The molecule has 0 aromatic rings. The van der Waals surface area contributed by atoms with Crippen molar-refractivity contribution in [1.82, 2.24) is 10.3 Å². The lowest BCUT2D eigenvalue weighted by Crippen LogP contribution is -2.24. The van der Waals surface area contributed by atoms with E-state index in [2.05, 4.69) is 63.3 Å². The molecule has 3 nitrogen and oxygen atoms in total. The number of hydrazone groups is 1. The molecule has 0 aromatic heterocycles. The summed E-state index contributed by atoms with van der Waals surface area (Å²) in [6.07, 6.45) is 10.8. The number of nitrogens with zero attached hydrogens (tertiary/aromatic N) is 2. The first kappa shape index (κ1) is 25.2. The number of rotatable bonds is 13. The third-order valence-corrected chi connectivity index (χ3v) is 3.51. The summed E-state index contributed by atoms with van der Waals surface area (Å²) < 4.78 is 0. The average molecular weight is 356 g/mol. The van der Waals surface area contributed by atoms with Crippen molar-refractivity contribution in [1.29, 1.82) is 0 Å². The quantitative estimate of drug-likeness (QED) is 0.120. The monoisotopic (exact) mass is 355 g/mol. The third-order valence-electron chi connectivity index (χ3n) is 3.33. The van der Waals surface area contributed by atoms with Gasteiger partial charge in [0.05, 0.1) is 6.54 Å². The Labute approximate surface area is 155 Å². The third kappa shape index (κ3) is 15.8. The van der Waals surface area contributed by atoms with Crippen LogP contribution in [0.15, 0.2) is 42.1 Å². The van der Waals surface area contributed by atoms with Crippen molar-refractivity contribution in [2.24, 2.45) is 5.10 Å². The highest BCUT2D eigenvalue weighted by Crippen LogP contribution is 2.06. The minimum atomic E-state index is 0.553. The molecule has 140 valence electrons. The van der Waals surface area contributed by atoms with Crippen LogP contribution in [0, 0.1) is 0 Å². The van der Waals surface area contributed by atoms with Gasteiger partial charge in [-0.2, -0.15) is 5.10 Å². The Hall–Kier alpha value is -1.06. The number of hydrogen-bond acceptors (Lipinski definition) is 3. The number of allylic oxidation sites excluding steroid dienone is 2. The average Bonchev–Trinajstić information content (AvgIpc) is 2.61. The second-order valence-corrected chi connectivity index (χ2v) is 5.81. The molecule has 0 amide bonds. The van der Waals surface area contributed by atoms with E-state index in [0.717, 1.165) is 32.6 Å². The molecule has 0 bridgehead atoms. The molecule has 24 heavy (non-hydrogen) atoms. The van der Waals surface area contributed by atoms with Gasteiger partial charge < -0.3 is 5.32 Å². The molecule has 0 aliphatic rings. The fourth-order valence-electron chi connectivity index (χ4n) is 2.01. The molecule has 0 rings (SSSR count). The molecule has 0 atom stereocenters. The SMILES string of the molecule is C/C=C(\C=C/CCl)CN(CCCC)/N=C(\C)CCNCCC.C=C. The van der Waals surface area contributed by atoms with Gasteiger partial charge in [0.25, 0.3) is 0 Å². The lowest BCUT2D eigenvalue weighted by molar-refractivity contribution is 0.308. The molecular formula is C20H38ClN3. The van der Waals surface area contributed by atoms with Crippen LogP contribution in [-0.2, 0) is 0 Å². The van der Waals surface area contributed by atoms with Crippen molar-refractivity contribution in [3.63, 3.8) is 0 Å². The van der Waals surface area contributed by atoms with E-state index in [9.17, 15) is 0 Å². The number of nitrogens with one attached hydrogen (secondary N) is 1. The number of unbranched alkanes of at least 4 members (excludes halogenated alkanes) is 1. The van der Waals surface area contributed by atoms with E-state index in [0.29, 0.717) is 5.88 Å². The summed E-state index contributed by atoms with van der Waals surface area (Å²) in [7, 11) is 0. The summed E-state index contributed by atoms with van der Waals surface area (Å²) in [5.41, 5.74) is 2.45. The van der Waals surface area contributed by atoms with Crippen LogP contribution in [-0.4, -0.2) is 42.8 Å². The van der Waals surface area contributed by atoms with Crippen LogP contribution < -0.4 is 5.32 Å². The molecule has 0 heterocycles. The van der Waals surface area contributed by atoms with Gasteiger partial charge in [0, 0.05) is 24.7 Å². The molecule has 0 saturated carbocycles. The fraction of sp³-hybridized carbons (Fsp3) is 0.650. The van der Waals surface area contributed by atoms with Gasteiger partial charge in [0.1, 0.15) is 0 Å². The minimum absolute atomic E-state index is 0.553. The van der Waals surface area contributed by atoms with E-state index in [1.54, 1.807) is 0 Å². The van der Waals surface area contributed by atoms with Gasteiger partial charge in [-0.1, -0.05) is 38.5 Å². The maximum absolute atomic E-state index is 5.73. The first-order chi connectivity index (χ1) is 11.7. The van der Waals surface area contributed by atoms with E-state index >= 15 is 0 Å². The van der Waals surface area contributed by atoms with Gasteiger partial charge in [-0.3, -0.25) is 5.01 Å². The maximum Gasteiger partial charge on any atom is 0.0607 e. The predicted molar refractivity (Wildman–Crippen MR) is 112 cm³/mol. The Balaban J connectivity index is 0. The van der Waals surface area contributed by atoms with Crippen LogP contribution in [0.4, 0.5) is 0 Å². The molecule has 4 heteroatoms. The van der Waals surface area contributed by atoms with E-state index in [4.69, 9.17) is 16.7 Å². The highest BCUT2D eigenvalue weighted by Gasteiger charge is 2.04. The summed E-state index contributed by atoms with van der Waals surface area (Å²) in [6, 6.07) is 0. The van der Waals surface area contributed by atoms with E-state index in [1.165, 1.54) is 30.5 Å². The highest BCUT2D eigenvalue weighted by atomic mass is 35.5. The molecule has 0 aliphatic heterocycles. The van der Waals surface area contributed by atoms with Crippen molar-refractivity contribution >= 4 is 17.3 Å². The molecule has 0 saturated heterocycles. The Morgan fingerprint density at radius 3 is 2.46 bits per heavy atom. The maximum atomic E-state index is 5.73. The minimum Gasteiger partial charge on any atom is -0.316 e. The smallest absolute Gasteiger partial charge is 0.0607 e. The van der Waals surface area contributed by atoms with Crippen molar-refractivity contribution in [2.75, 3.05) is 32.1 Å². The summed E-state index contributed by atoms with van der Waals surface area (Å²) in [5.74, 6) is 0.553. The first-order valence-corrected chi connectivity index (χ1v) is 9.58. The lowest BCUT2D eigenvalue weighted by Gasteiger charge is -2.21. The molecular weight excluding hydrogens is 318 g/mol. The molecule has 0 unspecified atom stereocenters.